The Morgan fingerprint density at radius 3 is 3.00 bits per heavy atom. The Balaban J connectivity index is 2.70. The van der Waals surface area contributed by atoms with Gasteiger partial charge >= 0.3 is 5.97 Å². The van der Waals surface area contributed by atoms with Crippen LogP contribution in [0.3, 0.4) is 0 Å². The number of methoxy groups -OCH3 is 1. The maximum atomic E-state index is 11.3. The molecule has 1 unspecified atom stereocenters. The number of hydrogen-bond acceptors (Lipinski definition) is 3. The first-order chi connectivity index (χ1) is 6.20. The van der Waals surface area contributed by atoms with E-state index in [4.69, 9.17) is 0 Å². The number of carbonyl (C=O) groups is 2. The largest absolute Gasteiger partial charge is 0.468 e. The molecule has 0 aromatic carbocycles. The van der Waals surface area contributed by atoms with Crippen LogP contribution in [0.5, 0.6) is 0 Å². The van der Waals surface area contributed by atoms with E-state index >= 15 is 0 Å². The number of ketones is 1. The number of allylic oxidation sites excluding steroid dienone is 1. The van der Waals surface area contributed by atoms with E-state index in [1.165, 1.54) is 7.11 Å². The van der Waals surface area contributed by atoms with Gasteiger partial charge in [-0.3, -0.25) is 9.59 Å². The van der Waals surface area contributed by atoms with Gasteiger partial charge in [0.25, 0.3) is 0 Å². The summed E-state index contributed by atoms with van der Waals surface area (Å²) in [5.74, 6) is -0.812. The molecule has 0 bridgehead atoms. The molecule has 2 atom stereocenters. The van der Waals surface area contributed by atoms with Crippen LogP contribution in [0.1, 0.15) is 19.3 Å². The van der Waals surface area contributed by atoms with E-state index in [1.807, 2.05) is 0 Å². The van der Waals surface area contributed by atoms with E-state index in [0.29, 0.717) is 12.8 Å². The second kappa shape index (κ2) is 4.21. The first kappa shape index (κ1) is 9.96. The van der Waals surface area contributed by atoms with Crippen molar-refractivity contribution in [3.63, 3.8) is 0 Å². The van der Waals surface area contributed by atoms with E-state index < -0.39 is 11.9 Å². The van der Waals surface area contributed by atoms with Gasteiger partial charge in [-0.05, 0) is 18.8 Å². The second-order valence-corrected chi connectivity index (χ2v) is 3.29. The van der Waals surface area contributed by atoms with Gasteiger partial charge < -0.3 is 4.74 Å². The van der Waals surface area contributed by atoms with E-state index in [0.717, 1.165) is 6.42 Å². The molecule has 1 aliphatic rings. The zero-order valence-corrected chi connectivity index (χ0v) is 7.79. The van der Waals surface area contributed by atoms with Crippen molar-refractivity contribution in [2.24, 2.45) is 11.8 Å². The molecule has 13 heavy (non-hydrogen) atoms. The van der Waals surface area contributed by atoms with Gasteiger partial charge in [0.1, 0.15) is 11.7 Å². The minimum atomic E-state index is -0.539. The smallest absolute Gasteiger partial charge is 0.316 e. The van der Waals surface area contributed by atoms with Crippen LogP contribution in [-0.4, -0.2) is 18.9 Å². The summed E-state index contributed by atoms with van der Waals surface area (Å²) in [6.45, 7) is 3.61. The van der Waals surface area contributed by atoms with Crippen molar-refractivity contribution in [2.45, 2.75) is 19.3 Å². The molecular weight excluding hydrogens is 168 g/mol. The Bertz CT molecular complexity index is 232. The third-order valence-electron chi connectivity index (χ3n) is 2.50. The summed E-state index contributed by atoms with van der Waals surface area (Å²) in [7, 11) is 1.32. The van der Waals surface area contributed by atoms with Gasteiger partial charge in [-0.2, -0.15) is 0 Å². The Morgan fingerprint density at radius 2 is 2.46 bits per heavy atom. The predicted octanol–water partition coefficient (Wildman–Crippen LogP) is 1.33. The summed E-state index contributed by atoms with van der Waals surface area (Å²) in [4.78, 5) is 22.6. The Labute approximate surface area is 77.8 Å². The molecule has 0 aromatic rings. The third-order valence-corrected chi connectivity index (χ3v) is 2.50. The van der Waals surface area contributed by atoms with Crippen molar-refractivity contribution in [3.05, 3.63) is 12.7 Å². The zero-order chi connectivity index (χ0) is 9.84. The first-order valence-corrected chi connectivity index (χ1v) is 4.42. The molecule has 1 aliphatic carbocycles. The van der Waals surface area contributed by atoms with Crippen LogP contribution in [0.4, 0.5) is 0 Å². The molecule has 0 amide bonds. The molecule has 1 fully saturated rings. The molecule has 3 nitrogen and oxygen atoms in total. The topological polar surface area (TPSA) is 43.4 Å². The summed E-state index contributed by atoms with van der Waals surface area (Å²) < 4.78 is 4.59. The quantitative estimate of drug-likeness (QED) is 0.375. The second-order valence-electron chi connectivity index (χ2n) is 3.29. The van der Waals surface area contributed by atoms with E-state index in [2.05, 4.69) is 11.3 Å². The summed E-state index contributed by atoms with van der Waals surface area (Å²) in [5.41, 5.74) is 0. The molecule has 1 saturated carbocycles. The van der Waals surface area contributed by atoms with Crippen LogP contribution < -0.4 is 0 Å². The fourth-order valence-electron chi connectivity index (χ4n) is 1.83. The van der Waals surface area contributed by atoms with Gasteiger partial charge in [-0.15, -0.1) is 6.58 Å². The standard InChI is InChI=1S/C10H14O3/c1-3-4-7-5-6-8(11)9(7)10(12)13-2/h3,7,9H,1,4-6H2,2H3/t7-,9?/m0/s1. The van der Waals surface area contributed by atoms with Crippen molar-refractivity contribution >= 4 is 11.8 Å². The summed E-state index contributed by atoms with van der Waals surface area (Å²) in [6, 6.07) is 0. The van der Waals surface area contributed by atoms with Gasteiger partial charge in [0, 0.05) is 6.42 Å². The monoisotopic (exact) mass is 182 g/mol. The highest BCUT2D eigenvalue weighted by atomic mass is 16.5. The molecule has 0 radical (unpaired) electrons. The third kappa shape index (κ3) is 1.97. The van der Waals surface area contributed by atoms with Crippen molar-refractivity contribution in [1.82, 2.24) is 0 Å². The van der Waals surface area contributed by atoms with Crippen LogP contribution in [0.25, 0.3) is 0 Å². The Hall–Kier alpha value is -1.12. The highest BCUT2D eigenvalue weighted by molar-refractivity contribution is 6.00. The maximum Gasteiger partial charge on any atom is 0.316 e. The lowest BCUT2D eigenvalue weighted by Crippen LogP contribution is -2.25. The van der Waals surface area contributed by atoms with Crippen molar-refractivity contribution in [3.8, 4) is 0 Å². The Morgan fingerprint density at radius 1 is 1.77 bits per heavy atom. The van der Waals surface area contributed by atoms with Crippen LogP contribution in [-0.2, 0) is 14.3 Å². The molecule has 0 aliphatic heterocycles. The van der Waals surface area contributed by atoms with E-state index in [-0.39, 0.29) is 11.7 Å². The maximum absolute atomic E-state index is 11.3. The molecule has 0 heterocycles. The van der Waals surface area contributed by atoms with Crippen LogP contribution >= 0.6 is 0 Å². The van der Waals surface area contributed by atoms with Gasteiger partial charge in [0.05, 0.1) is 7.11 Å². The number of Topliss-reactive ketones (excluding diaryl/α,β-unsaturated/α-hetero) is 1. The average Bonchev–Trinajstić information content (AvgIpc) is 2.47. The molecule has 1 rings (SSSR count). The fourth-order valence-corrected chi connectivity index (χ4v) is 1.83. The molecule has 0 spiro atoms. The fraction of sp³-hybridized carbons (Fsp3) is 0.600. The molecular formula is C10H14O3. The lowest BCUT2D eigenvalue weighted by Gasteiger charge is -2.13. The van der Waals surface area contributed by atoms with Crippen molar-refractivity contribution < 1.29 is 14.3 Å². The van der Waals surface area contributed by atoms with Crippen molar-refractivity contribution in [1.29, 1.82) is 0 Å². The molecule has 0 aromatic heterocycles. The highest BCUT2D eigenvalue weighted by Crippen LogP contribution is 2.32. The average molecular weight is 182 g/mol. The Kier molecular flexibility index (Phi) is 3.23. The van der Waals surface area contributed by atoms with Crippen molar-refractivity contribution in [2.75, 3.05) is 7.11 Å². The van der Waals surface area contributed by atoms with E-state index in [9.17, 15) is 9.59 Å². The number of esters is 1. The number of ether oxygens (including phenoxy) is 1. The zero-order valence-electron chi connectivity index (χ0n) is 7.79. The summed E-state index contributed by atoms with van der Waals surface area (Å²) >= 11 is 0. The molecule has 72 valence electrons. The lowest BCUT2D eigenvalue weighted by molar-refractivity contribution is -0.149. The van der Waals surface area contributed by atoms with Crippen LogP contribution in [0.2, 0.25) is 0 Å². The number of rotatable bonds is 3. The minimum Gasteiger partial charge on any atom is -0.468 e. The van der Waals surface area contributed by atoms with Gasteiger partial charge in [0.2, 0.25) is 0 Å². The number of hydrogen-bond donors (Lipinski definition) is 0. The van der Waals surface area contributed by atoms with Gasteiger partial charge in [-0.1, -0.05) is 6.08 Å². The van der Waals surface area contributed by atoms with E-state index in [1.54, 1.807) is 6.08 Å². The molecule has 0 N–H and O–H groups in total. The summed E-state index contributed by atoms with van der Waals surface area (Å²) in [6.07, 6.45) is 3.74. The van der Waals surface area contributed by atoms with Crippen LogP contribution in [0.15, 0.2) is 12.7 Å². The normalized spacial score (nSPS) is 27.3. The van der Waals surface area contributed by atoms with Gasteiger partial charge in [0.15, 0.2) is 0 Å². The van der Waals surface area contributed by atoms with Crippen LogP contribution in [0, 0.1) is 11.8 Å². The minimum absolute atomic E-state index is 0.0127. The predicted molar refractivity (Wildman–Crippen MR) is 48.1 cm³/mol. The lowest BCUT2D eigenvalue weighted by atomic mass is 9.93. The van der Waals surface area contributed by atoms with Gasteiger partial charge in [-0.25, -0.2) is 0 Å². The molecule has 3 heteroatoms. The molecule has 0 saturated heterocycles. The highest BCUT2D eigenvalue weighted by Gasteiger charge is 2.39. The first-order valence-electron chi connectivity index (χ1n) is 4.42. The SMILES string of the molecule is C=CC[C@H]1CCC(=O)C1C(=O)OC. The number of carbonyl (C=O) groups excluding carboxylic acids is 2. The summed E-state index contributed by atoms with van der Waals surface area (Å²) in [5, 5.41) is 0.